The van der Waals surface area contributed by atoms with Crippen molar-refractivity contribution in [2.24, 2.45) is 0 Å². The second-order valence-electron chi connectivity index (χ2n) is 4.13. The number of hydrogen-bond acceptors (Lipinski definition) is 6. The highest BCUT2D eigenvalue weighted by Crippen LogP contribution is 2.35. The molecule has 0 fully saturated rings. The van der Waals surface area contributed by atoms with Gasteiger partial charge in [-0.05, 0) is 11.4 Å². The van der Waals surface area contributed by atoms with Gasteiger partial charge < -0.3 is 10.1 Å². The first-order chi connectivity index (χ1) is 9.25. The molecule has 19 heavy (non-hydrogen) atoms. The van der Waals surface area contributed by atoms with Gasteiger partial charge in [0.15, 0.2) is 0 Å². The van der Waals surface area contributed by atoms with Crippen molar-refractivity contribution < 1.29 is 9.66 Å². The van der Waals surface area contributed by atoms with Crippen LogP contribution in [0.2, 0.25) is 0 Å². The third-order valence-corrected chi connectivity index (χ3v) is 3.78. The first-order valence-corrected chi connectivity index (χ1v) is 6.65. The van der Waals surface area contributed by atoms with Gasteiger partial charge >= 0.3 is 5.69 Å². The van der Waals surface area contributed by atoms with Gasteiger partial charge in [0.25, 0.3) is 0 Å². The van der Waals surface area contributed by atoms with E-state index in [9.17, 15) is 10.1 Å². The van der Waals surface area contributed by atoms with E-state index in [1.165, 1.54) is 17.5 Å². The summed E-state index contributed by atoms with van der Waals surface area (Å²) < 4.78 is 6.12. The quantitative estimate of drug-likeness (QED) is 0.530. The highest BCUT2D eigenvalue weighted by molar-refractivity contribution is 7.17. The fourth-order valence-corrected chi connectivity index (χ4v) is 2.85. The normalized spacial score (nSPS) is 18.6. The van der Waals surface area contributed by atoms with E-state index < -0.39 is 4.92 Å². The lowest BCUT2D eigenvalue weighted by atomic mass is 10.2. The largest absolute Gasteiger partial charge is 0.375 e. The summed E-state index contributed by atoms with van der Waals surface area (Å²) >= 11 is 1.44. The SMILES string of the molecule is O=[N+]([O-])c1cnc2ccsc2c1N[C@@H]1C=CCOC1. The van der Waals surface area contributed by atoms with E-state index in [0.29, 0.717) is 18.9 Å². The molecule has 0 bridgehead atoms. The maximum atomic E-state index is 11.1. The fraction of sp³-hybridized carbons (Fsp3) is 0.250. The standard InChI is InChI=1S/C12H11N3O3S/c16-15(17)10-6-13-9-3-5-19-12(9)11(10)14-8-2-1-4-18-7-8/h1-3,5-6,8H,4,7H2,(H,13,14)/t8-/m1/s1. The monoisotopic (exact) mass is 277 g/mol. The predicted octanol–water partition coefficient (Wildman–Crippen LogP) is 2.57. The lowest BCUT2D eigenvalue weighted by Crippen LogP contribution is -2.26. The summed E-state index contributed by atoms with van der Waals surface area (Å²) in [7, 11) is 0. The summed E-state index contributed by atoms with van der Waals surface area (Å²) in [5, 5.41) is 16.2. The molecule has 7 heteroatoms. The van der Waals surface area contributed by atoms with Crippen LogP contribution in [0.25, 0.3) is 10.2 Å². The van der Waals surface area contributed by atoms with Crippen molar-refractivity contribution in [2.45, 2.75) is 6.04 Å². The molecule has 0 saturated carbocycles. The highest BCUT2D eigenvalue weighted by Gasteiger charge is 2.21. The Hall–Kier alpha value is -1.99. The molecule has 3 rings (SSSR count). The zero-order valence-corrected chi connectivity index (χ0v) is 10.7. The second kappa shape index (κ2) is 4.94. The number of fused-ring (bicyclic) bond motifs is 1. The van der Waals surface area contributed by atoms with Gasteiger partial charge in [-0.2, -0.15) is 0 Å². The number of hydrogen-bond donors (Lipinski definition) is 1. The average molecular weight is 277 g/mol. The van der Waals surface area contributed by atoms with Gasteiger partial charge in [0, 0.05) is 0 Å². The smallest absolute Gasteiger partial charge is 0.311 e. The zero-order valence-electron chi connectivity index (χ0n) is 9.91. The van der Waals surface area contributed by atoms with Crippen LogP contribution in [0.4, 0.5) is 11.4 Å². The summed E-state index contributed by atoms with van der Waals surface area (Å²) in [6, 6.07) is 1.79. The van der Waals surface area contributed by atoms with Gasteiger partial charge in [0.1, 0.15) is 11.9 Å². The number of rotatable bonds is 3. The highest BCUT2D eigenvalue weighted by atomic mass is 32.1. The Balaban J connectivity index is 2.05. The van der Waals surface area contributed by atoms with E-state index in [4.69, 9.17) is 4.74 Å². The van der Waals surface area contributed by atoms with Gasteiger partial charge in [0.2, 0.25) is 0 Å². The minimum absolute atomic E-state index is 0.00563. The molecule has 1 atom stereocenters. The Morgan fingerprint density at radius 3 is 3.21 bits per heavy atom. The summed E-state index contributed by atoms with van der Waals surface area (Å²) in [5.74, 6) is 0. The molecule has 3 heterocycles. The summed E-state index contributed by atoms with van der Waals surface area (Å²) in [4.78, 5) is 14.8. The van der Waals surface area contributed by atoms with Crippen LogP contribution in [-0.4, -0.2) is 29.2 Å². The Kier molecular flexibility index (Phi) is 3.14. The number of anilines is 1. The molecule has 0 saturated heterocycles. The Labute approximate surface area is 112 Å². The topological polar surface area (TPSA) is 77.3 Å². The molecule has 1 aliphatic rings. The molecule has 2 aromatic rings. The van der Waals surface area contributed by atoms with Crippen LogP contribution in [0.5, 0.6) is 0 Å². The van der Waals surface area contributed by atoms with Crippen LogP contribution in [0.15, 0.2) is 29.8 Å². The number of thiophene rings is 1. The molecule has 6 nitrogen and oxygen atoms in total. The van der Waals surface area contributed by atoms with Crippen LogP contribution in [0.1, 0.15) is 0 Å². The van der Waals surface area contributed by atoms with Crippen LogP contribution in [0, 0.1) is 10.1 Å². The van der Waals surface area contributed by atoms with E-state index in [1.54, 1.807) is 0 Å². The Morgan fingerprint density at radius 2 is 2.47 bits per heavy atom. The lowest BCUT2D eigenvalue weighted by Gasteiger charge is -2.19. The number of aromatic nitrogens is 1. The third-order valence-electron chi connectivity index (χ3n) is 2.86. The van der Waals surface area contributed by atoms with Crippen molar-refractivity contribution in [3.8, 4) is 0 Å². The second-order valence-corrected chi connectivity index (χ2v) is 5.04. The molecule has 1 N–H and O–H groups in total. The molecule has 0 spiro atoms. The van der Waals surface area contributed by atoms with E-state index in [1.807, 2.05) is 23.6 Å². The van der Waals surface area contributed by atoms with Gasteiger partial charge in [0.05, 0.1) is 34.4 Å². The number of nitro groups is 1. The summed E-state index contributed by atoms with van der Waals surface area (Å²) in [6.07, 6.45) is 5.16. The van der Waals surface area contributed by atoms with Gasteiger partial charge in [-0.25, -0.2) is 4.98 Å². The number of nitrogens with zero attached hydrogens (tertiary/aromatic N) is 2. The molecular formula is C12H11N3O3S. The molecule has 1 aliphatic heterocycles. The maximum absolute atomic E-state index is 11.1. The third kappa shape index (κ3) is 2.29. The van der Waals surface area contributed by atoms with Crippen molar-refractivity contribution in [3.63, 3.8) is 0 Å². The summed E-state index contributed by atoms with van der Waals surface area (Å²) in [5.41, 5.74) is 1.28. The van der Waals surface area contributed by atoms with Crippen LogP contribution < -0.4 is 5.32 Å². The van der Waals surface area contributed by atoms with Crippen molar-refractivity contribution in [1.29, 1.82) is 0 Å². The predicted molar refractivity (Wildman–Crippen MR) is 73.6 cm³/mol. The molecule has 2 aromatic heterocycles. The van der Waals surface area contributed by atoms with E-state index in [0.717, 1.165) is 10.2 Å². The first-order valence-electron chi connectivity index (χ1n) is 5.77. The van der Waals surface area contributed by atoms with Crippen molar-refractivity contribution in [1.82, 2.24) is 4.98 Å². The molecule has 0 amide bonds. The van der Waals surface area contributed by atoms with Gasteiger partial charge in [-0.3, -0.25) is 10.1 Å². The van der Waals surface area contributed by atoms with Crippen LogP contribution >= 0.6 is 11.3 Å². The minimum atomic E-state index is -0.415. The number of nitrogens with one attached hydrogen (secondary N) is 1. The first kappa shape index (κ1) is 12.1. The summed E-state index contributed by atoms with van der Waals surface area (Å²) in [6.45, 7) is 1.09. The molecule has 0 radical (unpaired) electrons. The van der Waals surface area contributed by atoms with E-state index >= 15 is 0 Å². The zero-order chi connectivity index (χ0) is 13.2. The molecule has 0 aliphatic carbocycles. The van der Waals surface area contributed by atoms with Gasteiger partial charge in [-0.1, -0.05) is 12.2 Å². The Morgan fingerprint density at radius 1 is 1.58 bits per heavy atom. The van der Waals surface area contributed by atoms with Gasteiger partial charge in [-0.15, -0.1) is 11.3 Å². The molecule has 0 aromatic carbocycles. The van der Waals surface area contributed by atoms with E-state index in [2.05, 4.69) is 10.3 Å². The van der Waals surface area contributed by atoms with Crippen LogP contribution in [-0.2, 0) is 4.74 Å². The minimum Gasteiger partial charge on any atom is -0.375 e. The Bertz CT molecular complexity index is 653. The molecule has 98 valence electrons. The van der Waals surface area contributed by atoms with E-state index in [-0.39, 0.29) is 11.7 Å². The fourth-order valence-electron chi connectivity index (χ4n) is 1.99. The van der Waals surface area contributed by atoms with Crippen molar-refractivity contribution in [2.75, 3.05) is 18.5 Å². The van der Waals surface area contributed by atoms with Crippen molar-refractivity contribution in [3.05, 3.63) is 39.9 Å². The molecular weight excluding hydrogens is 266 g/mol. The maximum Gasteiger partial charge on any atom is 0.311 e. The van der Waals surface area contributed by atoms with Crippen LogP contribution in [0.3, 0.4) is 0 Å². The number of pyridine rings is 1. The lowest BCUT2D eigenvalue weighted by molar-refractivity contribution is -0.384. The van der Waals surface area contributed by atoms with Crippen molar-refractivity contribution >= 4 is 32.9 Å². The number of ether oxygens (including phenoxy) is 1. The molecule has 0 unspecified atom stereocenters. The average Bonchev–Trinajstić information content (AvgIpc) is 2.88.